The van der Waals surface area contributed by atoms with E-state index in [9.17, 15) is 5.11 Å². The number of imidazole rings is 1. The first-order valence-electron chi connectivity index (χ1n) is 12.6. The number of aromatic nitrogens is 7. The maximum atomic E-state index is 10.4. The van der Waals surface area contributed by atoms with Gasteiger partial charge in [-0.25, -0.2) is 9.97 Å². The molecule has 6 aromatic rings. The van der Waals surface area contributed by atoms with Crippen molar-refractivity contribution in [2.75, 3.05) is 0 Å². The van der Waals surface area contributed by atoms with Crippen LogP contribution in [0.25, 0.3) is 44.8 Å². The number of fused-ring (bicyclic) bond motifs is 1. The molecule has 3 heterocycles. The Morgan fingerprint density at radius 3 is 2.37 bits per heavy atom. The molecule has 0 aliphatic rings. The number of pyridine rings is 1. The minimum absolute atomic E-state index is 0.236. The second-order valence-corrected chi connectivity index (χ2v) is 9.43. The Kier molecular flexibility index (Phi) is 5.92. The predicted molar refractivity (Wildman–Crippen MR) is 148 cm³/mol. The third-order valence-corrected chi connectivity index (χ3v) is 6.84. The highest BCUT2D eigenvalue weighted by Crippen LogP contribution is 2.37. The zero-order valence-electron chi connectivity index (χ0n) is 21.5. The standard InChI is InChI=1S/C30H27N7O/c1-4-27-32-28-18(2)15-19(3)31-30(28)37(27)17-20-9-11-21(12-10-20)25-16-22(23-7-5-6-8-26(23)38)13-14-24(25)29-33-35-36-34-29/h5-16,38H,4,17H2,1-3H3,(H,33,34,35,36). The molecule has 0 amide bonds. The molecule has 0 atom stereocenters. The van der Waals surface area contributed by atoms with Gasteiger partial charge in [-0.05, 0) is 71.1 Å². The fourth-order valence-electron chi connectivity index (χ4n) is 5.00. The van der Waals surface area contributed by atoms with Crippen LogP contribution in [0.1, 0.15) is 29.6 Å². The number of rotatable bonds is 6. The van der Waals surface area contributed by atoms with E-state index in [0.29, 0.717) is 12.4 Å². The Labute approximate surface area is 220 Å². The number of aryl methyl sites for hydroxylation is 3. The van der Waals surface area contributed by atoms with Crippen LogP contribution in [0.15, 0.2) is 72.8 Å². The van der Waals surface area contributed by atoms with E-state index in [2.05, 4.69) is 75.4 Å². The van der Waals surface area contributed by atoms with Gasteiger partial charge in [0.15, 0.2) is 5.65 Å². The first-order chi connectivity index (χ1) is 18.5. The lowest BCUT2D eigenvalue weighted by atomic mass is 9.93. The molecule has 0 unspecified atom stereocenters. The van der Waals surface area contributed by atoms with Gasteiger partial charge in [-0.15, -0.1) is 10.2 Å². The average Bonchev–Trinajstić information content (AvgIpc) is 3.58. The number of aromatic hydroxyl groups is 1. The lowest BCUT2D eigenvalue weighted by Gasteiger charge is -2.13. The Morgan fingerprint density at radius 2 is 1.63 bits per heavy atom. The molecule has 6 rings (SSSR count). The van der Waals surface area contributed by atoms with Gasteiger partial charge in [0.2, 0.25) is 5.82 Å². The second-order valence-electron chi connectivity index (χ2n) is 9.43. The van der Waals surface area contributed by atoms with E-state index in [1.807, 2.05) is 37.3 Å². The minimum atomic E-state index is 0.236. The first-order valence-corrected chi connectivity index (χ1v) is 12.6. The molecule has 38 heavy (non-hydrogen) atoms. The van der Waals surface area contributed by atoms with Crippen molar-refractivity contribution in [2.24, 2.45) is 0 Å². The molecule has 8 nitrogen and oxygen atoms in total. The Morgan fingerprint density at radius 1 is 0.842 bits per heavy atom. The third-order valence-electron chi connectivity index (χ3n) is 6.84. The van der Waals surface area contributed by atoms with Crippen molar-refractivity contribution in [2.45, 2.75) is 33.7 Å². The molecule has 0 saturated heterocycles. The van der Waals surface area contributed by atoms with Crippen LogP contribution in [0.2, 0.25) is 0 Å². The SMILES string of the molecule is CCc1nc2c(C)cc(C)nc2n1Cc1ccc(-c2cc(-c3ccccc3O)ccc2-c2nn[nH]n2)cc1. The van der Waals surface area contributed by atoms with Gasteiger partial charge in [-0.3, -0.25) is 0 Å². The summed E-state index contributed by atoms with van der Waals surface area (Å²) in [5.74, 6) is 1.78. The molecule has 0 saturated carbocycles. The fourth-order valence-corrected chi connectivity index (χ4v) is 5.00. The summed E-state index contributed by atoms with van der Waals surface area (Å²) in [7, 11) is 0. The Hall–Kier alpha value is -4.85. The molecular weight excluding hydrogens is 474 g/mol. The largest absolute Gasteiger partial charge is 0.507 e. The van der Waals surface area contributed by atoms with Crippen molar-refractivity contribution in [3.63, 3.8) is 0 Å². The van der Waals surface area contributed by atoms with Crippen molar-refractivity contribution in [3.8, 4) is 39.4 Å². The zero-order chi connectivity index (χ0) is 26.2. The topological polar surface area (TPSA) is 105 Å². The first kappa shape index (κ1) is 23.5. The van der Waals surface area contributed by atoms with E-state index in [0.717, 1.165) is 68.0 Å². The van der Waals surface area contributed by atoms with E-state index in [-0.39, 0.29) is 5.75 Å². The quantitative estimate of drug-likeness (QED) is 0.295. The fraction of sp³-hybridized carbons (Fsp3) is 0.167. The summed E-state index contributed by atoms with van der Waals surface area (Å²) < 4.78 is 2.22. The van der Waals surface area contributed by atoms with Crippen LogP contribution < -0.4 is 0 Å². The smallest absolute Gasteiger partial charge is 0.205 e. The lowest BCUT2D eigenvalue weighted by molar-refractivity contribution is 0.477. The van der Waals surface area contributed by atoms with Crippen LogP contribution in [-0.4, -0.2) is 40.3 Å². The van der Waals surface area contributed by atoms with Gasteiger partial charge in [0, 0.05) is 23.2 Å². The summed E-state index contributed by atoms with van der Waals surface area (Å²) in [5.41, 5.74) is 9.69. The molecule has 3 aromatic heterocycles. The van der Waals surface area contributed by atoms with Gasteiger partial charge in [0.1, 0.15) is 17.1 Å². The number of hydrogen-bond donors (Lipinski definition) is 2. The molecule has 0 radical (unpaired) electrons. The van der Waals surface area contributed by atoms with E-state index in [4.69, 9.17) is 9.97 Å². The molecule has 3 aromatic carbocycles. The molecule has 0 aliphatic heterocycles. The van der Waals surface area contributed by atoms with Crippen molar-refractivity contribution >= 4 is 11.2 Å². The Balaban J connectivity index is 1.40. The predicted octanol–water partition coefficient (Wildman–Crippen LogP) is 5.88. The molecule has 0 aliphatic carbocycles. The maximum absolute atomic E-state index is 10.4. The zero-order valence-corrected chi connectivity index (χ0v) is 21.5. The normalized spacial score (nSPS) is 11.3. The van der Waals surface area contributed by atoms with Crippen LogP contribution in [0, 0.1) is 13.8 Å². The van der Waals surface area contributed by atoms with Crippen LogP contribution in [-0.2, 0) is 13.0 Å². The summed E-state index contributed by atoms with van der Waals surface area (Å²) in [4.78, 5) is 9.69. The summed E-state index contributed by atoms with van der Waals surface area (Å²) in [5, 5.41) is 25.1. The van der Waals surface area contributed by atoms with E-state index < -0.39 is 0 Å². The van der Waals surface area contributed by atoms with Crippen molar-refractivity contribution < 1.29 is 5.11 Å². The van der Waals surface area contributed by atoms with Crippen LogP contribution in [0.3, 0.4) is 0 Å². The van der Waals surface area contributed by atoms with Gasteiger partial charge >= 0.3 is 0 Å². The minimum Gasteiger partial charge on any atom is -0.507 e. The van der Waals surface area contributed by atoms with Gasteiger partial charge in [-0.2, -0.15) is 5.21 Å². The molecule has 0 fully saturated rings. The lowest BCUT2D eigenvalue weighted by Crippen LogP contribution is -2.05. The summed E-state index contributed by atoms with van der Waals surface area (Å²) in [6.45, 7) is 6.92. The number of nitrogens with one attached hydrogen (secondary N) is 1. The van der Waals surface area contributed by atoms with Gasteiger partial charge in [0.25, 0.3) is 0 Å². The van der Waals surface area contributed by atoms with Crippen molar-refractivity contribution in [1.82, 2.24) is 35.2 Å². The van der Waals surface area contributed by atoms with Gasteiger partial charge in [-0.1, -0.05) is 55.5 Å². The number of H-pyrrole nitrogens is 1. The Bertz CT molecular complexity index is 1750. The number of benzene rings is 3. The van der Waals surface area contributed by atoms with E-state index in [1.54, 1.807) is 6.07 Å². The second kappa shape index (κ2) is 9.55. The molecule has 2 N–H and O–H groups in total. The number of phenols is 1. The average molecular weight is 502 g/mol. The summed E-state index contributed by atoms with van der Waals surface area (Å²) >= 11 is 0. The highest BCUT2D eigenvalue weighted by molar-refractivity contribution is 5.86. The van der Waals surface area contributed by atoms with Gasteiger partial charge in [0.05, 0.1) is 6.54 Å². The van der Waals surface area contributed by atoms with Crippen LogP contribution in [0.5, 0.6) is 5.75 Å². The molecule has 0 bridgehead atoms. The van der Waals surface area contributed by atoms with Gasteiger partial charge < -0.3 is 9.67 Å². The number of para-hydroxylation sites is 1. The number of tetrazole rings is 1. The number of aromatic amines is 1. The molecule has 0 spiro atoms. The maximum Gasteiger partial charge on any atom is 0.205 e. The molecule has 8 heteroatoms. The highest BCUT2D eigenvalue weighted by atomic mass is 16.3. The monoisotopic (exact) mass is 501 g/mol. The summed E-state index contributed by atoms with van der Waals surface area (Å²) in [6.07, 6.45) is 0.833. The summed E-state index contributed by atoms with van der Waals surface area (Å²) in [6, 6.07) is 23.9. The third kappa shape index (κ3) is 4.20. The number of nitrogens with zero attached hydrogens (tertiary/aromatic N) is 6. The van der Waals surface area contributed by atoms with Crippen LogP contribution in [0.4, 0.5) is 0 Å². The molecular formula is C30H27N7O. The number of hydrogen-bond acceptors (Lipinski definition) is 6. The molecule has 188 valence electrons. The van der Waals surface area contributed by atoms with Crippen molar-refractivity contribution in [1.29, 1.82) is 0 Å². The highest BCUT2D eigenvalue weighted by Gasteiger charge is 2.16. The number of phenolic OH excluding ortho intramolecular Hbond substituents is 1. The van der Waals surface area contributed by atoms with E-state index >= 15 is 0 Å². The van der Waals surface area contributed by atoms with Crippen LogP contribution >= 0.6 is 0 Å². The van der Waals surface area contributed by atoms with Crippen molar-refractivity contribution in [3.05, 3.63) is 95.4 Å². The van der Waals surface area contributed by atoms with E-state index in [1.165, 1.54) is 0 Å².